The molecule has 1 atom stereocenters. The van der Waals surface area contributed by atoms with Gasteiger partial charge in [0.1, 0.15) is 17.6 Å². The molecule has 4 amide bonds. The highest BCUT2D eigenvalue weighted by molar-refractivity contribution is 6.01. The van der Waals surface area contributed by atoms with Crippen molar-refractivity contribution in [1.82, 2.24) is 25.1 Å². The Morgan fingerprint density at radius 3 is 2.34 bits per heavy atom. The van der Waals surface area contributed by atoms with Crippen molar-refractivity contribution in [3.63, 3.8) is 0 Å². The first-order valence-corrected chi connectivity index (χ1v) is 21.3. The predicted octanol–water partition coefficient (Wildman–Crippen LogP) is 6.24. The second-order valence-electron chi connectivity index (χ2n) is 16.9. The van der Waals surface area contributed by atoms with E-state index in [0.717, 1.165) is 103 Å². The summed E-state index contributed by atoms with van der Waals surface area (Å²) in [5, 5.41) is 8.79. The number of nitrogens with one attached hydrogen (secondary N) is 3. The highest BCUT2D eigenvalue weighted by Gasteiger charge is 2.33. The van der Waals surface area contributed by atoms with Crippen molar-refractivity contribution < 1.29 is 28.0 Å². The van der Waals surface area contributed by atoms with Gasteiger partial charge in [-0.15, -0.1) is 0 Å². The fourth-order valence-electron chi connectivity index (χ4n) is 9.57. The first-order chi connectivity index (χ1) is 28.2. The summed E-state index contributed by atoms with van der Waals surface area (Å²) in [6.45, 7) is 5.04. The molecule has 5 aliphatic rings. The summed E-state index contributed by atoms with van der Waals surface area (Å²) in [6, 6.07) is 12.0. The number of carbonyl (C=O) groups is 4. The zero-order chi connectivity index (χ0) is 40.2. The third-order valence-corrected chi connectivity index (χ3v) is 13.0. The minimum Gasteiger partial charge on any atom is -0.374 e. The van der Waals surface area contributed by atoms with E-state index in [1.807, 2.05) is 30.3 Å². The number of benzene rings is 2. The smallest absolute Gasteiger partial charge is 0.249 e. The number of nitrogens with zero attached hydrogens (tertiary/aromatic N) is 5. The molecule has 2 aromatic carbocycles. The third kappa shape index (κ3) is 9.32. The zero-order valence-corrected chi connectivity index (χ0v) is 33.1. The molecule has 5 fully saturated rings. The number of hydrogen-bond donors (Lipinski definition) is 3. The molecule has 5 heterocycles. The van der Waals surface area contributed by atoms with Crippen LogP contribution in [-0.2, 0) is 19.2 Å². The van der Waals surface area contributed by atoms with Crippen LogP contribution in [0.25, 0.3) is 11.3 Å². The number of amides is 4. The normalized spacial score (nSPS) is 24.1. The van der Waals surface area contributed by atoms with Gasteiger partial charge in [-0.3, -0.25) is 24.5 Å². The molecular formula is C44H54F2N8O4. The maximum absolute atomic E-state index is 15.2. The van der Waals surface area contributed by atoms with Gasteiger partial charge in [0.05, 0.1) is 6.20 Å². The van der Waals surface area contributed by atoms with Crippen molar-refractivity contribution in [3.8, 4) is 11.3 Å². The van der Waals surface area contributed by atoms with E-state index in [-0.39, 0.29) is 59.4 Å². The SMILES string of the molecule is O=C1CCC(Nc2ccc(C3CCN(CC4CCN(C(=O)[C@H]5CC[C@H](Nc6ncc(F)c(-c7cccc(N8CCCCC8=O)c7)n6)CC5)CC4)CC3)c(F)c2)C(=O)N1. The van der Waals surface area contributed by atoms with E-state index in [9.17, 15) is 19.2 Å². The molecule has 1 aliphatic carbocycles. The van der Waals surface area contributed by atoms with Crippen LogP contribution >= 0.6 is 0 Å². The number of carbonyl (C=O) groups excluding carboxylic acids is 4. The molecule has 0 bridgehead atoms. The zero-order valence-electron chi connectivity index (χ0n) is 33.1. The summed E-state index contributed by atoms with van der Waals surface area (Å²) in [4.78, 5) is 64.7. The van der Waals surface area contributed by atoms with Gasteiger partial charge in [0.2, 0.25) is 29.6 Å². The van der Waals surface area contributed by atoms with E-state index >= 15 is 8.78 Å². The molecule has 14 heteroatoms. The Morgan fingerprint density at radius 1 is 0.810 bits per heavy atom. The first kappa shape index (κ1) is 39.8. The Bertz CT molecular complexity index is 1990. The van der Waals surface area contributed by atoms with Crippen molar-refractivity contribution in [2.75, 3.05) is 54.8 Å². The monoisotopic (exact) mass is 796 g/mol. The van der Waals surface area contributed by atoms with Gasteiger partial charge >= 0.3 is 0 Å². The van der Waals surface area contributed by atoms with Crippen LogP contribution in [0.15, 0.2) is 48.7 Å². The molecule has 308 valence electrons. The second-order valence-corrected chi connectivity index (χ2v) is 16.9. The number of rotatable bonds is 10. The number of piperidine rings is 4. The van der Waals surface area contributed by atoms with E-state index in [2.05, 4.69) is 35.7 Å². The van der Waals surface area contributed by atoms with Gasteiger partial charge in [-0.2, -0.15) is 0 Å². The van der Waals surface area contributed by atoms with Crippen LogP contribution in [-0.4, -0.2) is 94.7 Å². The van der Waals surface area contributed by atoms with Gasteiger partial charge in [0, 0.05) is 67.9 Å². The predicted molar refractivity (Wildman–Crippen MR) is 217 cm³/mol. The molecule has 58 heavy (non-hydrogen) atoms. The van der Waals surface area contributed by atoms with Crippen LogP contribution in [0.5, 0.6) is 0 Å². The number of aromatic nitrogens is 2. The van der Waals surface area contributed by atoms with E-state index in [1.165, 1.54) is 12.3 Å². The Labute approximate surface area is 338 Å². The molecule has 0 radical (unpaired) electrons. The van der Waals surface area contributed by atoms with E-state index < -0.39 is 11.9 Å². The number of imide groups is 1. The fourth-order valence-corrected chi connectivity index (χ4v) is 9.57. The lowest BCUT2D eigenvalue weighted by Gasteiger charge is -2.39. The van der Waals surface area contributed by atoms with Crippen molar-refractivity contribution in [2.24, 2.45) is 11.8 Å². The number of likely N-dealkylation sites (tertiary alicyclic amines) is 2. The third-order valence-electron chi connectivity index (χ3n) is 13.0. The standard InChI is InChI=1S/C44H54F2N8O4/c45-36-25-33(48-38-13-14-39(55)50-42(38)57)11-12-35(36)29-17-20-52(21-18-29)27-28-15-22-53(23-16-28)43(58)30-7-9-32(10-8-30)49-44-47-26-37(46)41(51-44)31-4-3-5-34(24-31)54-19-2-1-6-40(54)56/h3-5,11-12,24-26,28-30,32,38,48H,1-2,6-10,13-23,27H2,(H,47,49,51)(H,50,55,57)/t30-,32-,38?. The van der Waals surface area contributed by atoms with Crippen LogP contribution in [0.3, 0.4) is 0 Å². The number of hydrogen-bond acceptors (Lipinski definition) is 9. The molecule has 1 unspecified atom stereocenters. The molecule has 0 spiro atoms. The van der Waals surface area contributed by atoms with Gasteiger partial charge in [-0.25, -0.2) is 18.7 Å². The molecule has 3 aromatic rings. The number of anilines is 3. The van der Waals surface area contributed by atoms with Crippen LogP contribution in [0.2, 0.25) is 0 Å². The lowest BCUT2D eigenvalue weighted by Crippen LogP contribution is -2.47. The quantitative estimate of drug-likeness (QED) is 0.204. The molecule has 3 N–H and O–H groups in total. The van der Waals surface area contributed by atoms with Crippen molar-refractivity contribution in [3.05, 3.63) is 65.9 Å². The minimum absolute atomic E-state index is 0.00115. The molecule has 1 saturated carbocycles. The number of halogens is 2. The van der Waals surface area contributed by atoms with Crippen LogP contribution in [0, 0.1) is 23.5 Å². The summed E-state index contributed by atoms with van der Waals surface area (Å²) < 4.78 is 30.2. The molecule has 1 aromatic heterocycles. The van der Waals surface area contributed by atoms with Crippen LogP contribution < -0.4 is 20.9 Å². The van der Waals surface area contributed by atoms with Gasteiger partial charge in [0.25, 0.3) is 0 Å². The summed E-state index contributed by atoms with van der Waals surface area (Å²) >= 11 is 0. The van der Waals surface area contributed by atoms with E-state index in [0.29, 0.717) is 48.1 Å². The molecule has 4 saturated heterocycles. The van der Waals surface area contributed by atoms with Gasteiger partial charge < -0.3 is 25.3 Å². The molecule has 12 nitrogen and oxygen atoms in total. The summed E-state index contributed by atoms with van der Waals surface area (Å²) in [6.07, 6.45) is 11.1. The van der Waals surface area contributed by atoms with Crippen LogP contribution in [0.4, 0.5) is 26.1 Å². The van der Waals surface area contributed by atoms with Crippen molar-refractivity contribution >= 4 is 41.0 Å². The van der Waals surface area contributed by atoms with Gasteiger partial charge in [-0.05, 0) is 125 Å². The summed E-state index contributed by atoms with van der Waals surface area (Å²) in [5.41, 5.74) is 2.80. The van der Waals surface area contributed by atoms with Gasteiger partial charge in [0.15, 0.2) is 5.82 Å². The minimum atomic E-state index is -0.545. The molecule has 8 rings (SSSR count). The topological polar surface area (TPSA) is 140 Å². The highest BCUT2D eigenvalue weighted by Crippen LogP contribution is 2.34. The van der Waals surface area contributed by atoms with Crippen molar-refractivity contribution in [1.29, 1.82) is 0 Å². The molecule has 4 aliphatic heterocycles. The maximum atomic E-state index is 15.2. The molecular weight excluding hydrogens is 743 g/mol. The Hall–Kier alpha value is -4.98. The van der Waals surface area contributed by atoms with Crippen molar-refractivity contribution in [2.45, 2.75) is 101 Å². The summed E-state index contributed by atoms with van der Waals surface area (Å²) in [5.74, 6) is -0.0557. The average molecular weight is 797 g/mol. The Morgan fingerprint density at radius 2 is 1.60 bits per heavy atom. The summed E-state index contributed by atoms with van der Waals surface area (Å²) in [7, 11) is 0. The average Bonchev–Trinajstić information content (AvgIpc) is 3.23. The van der Waals surface area contributed by atoms with E-state index in [1.54, 1.807) is 11.0 Å². The highest BCUT2D eigenvalue weighted by atomic mass is 19.1. The lowest BCUT2D eigenvalue weighted by atomic mass is 9.84. The second kappa shape index (κ2) is 17.9. The fraction of sp³-hybridized carbons (Fsp3) is 0.545. The largest absolute Gasteiger partial charge is 0.374 e. The Balaban J connectivity index is 0.755. The lowest BCUT2D eigenvalue weighted by molar-refractivity contribution is -0.138. The maximum Gasteiger partial charge on any atom is 0.249 e. The van der Waals surface area contributed by atoms with Gasteiger partial charge in [-0.1, -0.05) is 18.2 Å². The van der Waals surface area contributed by atoms with E-state index in [4.69, 9.17) is 0 Å². The van der Waals surface area contributed by atoms with Crippen LogP contribution in [0.1, 0.15) is 95.0 Å². The first-order valence-electron chi connectivity index (χ1n) is 21.3. The Kier molecular flexibility index (Phi) is 12.3.